The number of ether oxygens (including phenoxy) is 3. The summed E-state index contributed by atoms with van der Waals surface area (Å²) in [5.41, 5.74) is 0.805. The highest BCUT2D eigenvalue weighted by molar-refractivity contribution is 7.99. The molecule has 0 aliphatic carbocycles. The SMILES string of the molecule is COc1cc2ncnc(Sc3ccc(Oc4ccccc4)cc3)c2cc1OC. The van der Waals surface area contributed by atoms with E-state index in [0.29, 0.717) is 11.5 Å². The number of methoxy groups -OCH3 is 2. The van der Waals surface area contributed by atoms with Gasteiger partial charge < -0.3 is 14.2 Å². The molecular formula is C22H18N2O3S. The Balaban J connectivity index is 1.59. The molecule has 0 amide bonds. The fraction of sp³-hybridized carbons (Fsp3) is 0.0909. The topological polar surface area (TPSA) is 53.5 Å². The van der Waals surface area contributed by atoms with E-state index in [2.05, 4.69) is 9.97 Å². The zero-order chi connectivity index (χ0) is 19.3. The van der Waals surface area contributed by atoms with Crippen LogP contribution >= 0.6 is 11.8 Å². The quantitative estimate of drug-likeness (QED) is 0.400. The second-order valence-corrected chi connectivity index (χ2v) is 6.95. The van der Waals surface area contributed by atoms with Gasteiger partial charge in [-0.05, 0) is 42.5 Å². The smallest absolute Gasteiger partial charge is 0.162 e. The van der Waals surface area contributed by atoms with Crippen molar-refractivity contribution in [2.75, 3.05) is 14.2 Å². The molecule has 4 aromatic rings. The zero-order valence-electron chi connectivity index (χ0n) is 15.5. The van der Waals surface area contributed by atoms with Gasteiger partial charge in [0.05, 0.1) is 19.7 Å². The van der Waals surface area contributed by atoms with Gasteiger partial charge in [0.1, 0.15) is 22.9 Å². The van der Waals surface area contributed by atoms with Gasteiger partial charge in [0.25, 0.3) is 0 Å². The van der Waals surface area contributed by atoms with Crippen molar-refractivity contribution in [3.63, 3.8) is 0 Å². The summed E-state index contributed by atoms with van der Waals surface area (Å²) < 4.78 is 16.6. The van der Waals surface area contributed by atoms with E-state index < -0.39 is 0 Å². The van der Waals surface area contributed by atoms with Crippen molar-refractivity contribution in [2.24, 2.45) is 0 Å². The molecule has 6 heteroatoms. The average Bonchev–Trinajstić information content (AvgIpc) is 2.75. The van der Waals surface area contributed by atoms with Gasteiger partial charge in [0, 0.05) is 16.3 Å². The molecule has 0 saturated carbocycles. The van der Waals surface area contributed by atoms with Crippen LogP contribution in [0.3, 0.4) is 0 Å². The Kier molecular flexibility index (Phi) is 5.30. The lowest BCUT2D eigenvalue weighted by Crippen LogP contribution is -1.93. The van der Waals surface area contributed by atoms with Gasteiger partial charge in [-0.1, -0.05) is 30.0 Å². The standard InChI is InChI=1S/C22H18N2O3S/c1-25-20-12-18-19(13-21(20)26-2)23-14-24-22(18)28-17-10-8-16(9-11-17)27-15-6-4-3-5-7-15/h3-14H,1-2H3. The van der Waals surface area contributed by atoms with Gasteiger partial charge in [0.2, 0.25) is 0 Å². The summed E-state index contributed by atoms with van der Waals surface area (Å²) in [4.78, 5) is 9.85. The third-order valence-electron chi connectivity index (χ3n) is 4.12. The van der Waals surface area contributed by atoms with Crippen LogP contribution < -0.4 is 14.2 Å². The Hall–Kier alpha value is -3.25. The second-order valence-electron chi connectivity index (χ2n) is 5.89. The highest BCUT2D eigenvalue weighted by atomic mass is 32.2. The highest BCUT2D eigenvalue weighted by Gasteiger charge is 2.12. The molecule has 1 aromatic heterocycles. The fourth-order valence-electron chi connectivity index (χ4n) is 2.75. The number of hydrogen-bond donors (Lipinski definition) is 0. The Bertz CT molecular complexity index is 1090. The second kappa shape index (κ2) is 8.19. The summed E-state index contributed by atoms with van der Waals surface area (Å²) in [5, 5.41) is 1.76. The first-order valence-corrected chi connectivity index (χ1v) is 9.46. The van der Waals surface area contributed by atoms with E-state index in [1.807, 2.05) is 66.7 Å². The van der Waals surface area contributed by atoms with Gasteiger partial charge in [-0.3, -0.25) is 0 Å². The molecule has 0 bridgehead atoms. The first kappa shape index (κ1) is 18.1. The Labute approximate surface area is 167 Å². The lowest BCUT2D eigenvalue weighted by molar-refractivity contribution is 0.355. The maximum atomic E-state index is 5.84. The summed E-state index contributed by atoms with van der Waals surface area (Å²) in [5.74, 6) is 2.89. The molecule has 1 heterocycles. The van der Waals surface area contributed by atoms with Crippen LogP contribution in [0.1, 0.15) is 0 Å². The molecule has 4 rings (SSSR count). The fourth-order valence-corrected chi connectivity index (χ4v) is 3.62. The first-order chi connectivity index (χ1) is 13.8. The van der Waals surface area contributed by atoms with Crippen LogP contribution in [0, 0.1) is 0 Å². The maximum Gasteiger partial charge on any atom is 0.162 e. The Morgan fingerprint density at radius 2 is 1.43 bits per heavy atom. The summed E-state index contributed by atoms with van der Waals surface area (Å²) >= 11 is 1.56. The summed E-state index contributed by atoms with van der Waals surface area (Å²) in [6.45, 7) is 0. The van der Waals surface area contributed by atoms with Gasteiger partial charge in [-0.25, -0.2) is 9.97 Å². The molecular weight excluding hydrogens is 372 g/mol. The van der Waals surface area contributed by atoms with Crippen molar-refractivity contribution in [3.05, 3.63) is 73.1 Å². The number of para-hydroxylation sites is 1. The molecule has 3 aromatic carbocycles. The number of rotatable bonds is 6. The van der Waals surface area contributed by atoms with Gasteiger partial charge in [-0.15, -0.1) is 0 Å². The van der Waals surface area contributed by atoms with Crippen molar-refractivity contribution in [3.8, 4) is 23.0 Å². The molecule has 0 N–H and O–H groups in total. The molecule has 0 fully saturated rings. The van der Waals surface area contributed by atoms with Crippen LogP contribution in [-0.2, 0) is 0 Å². The Morgan fingerprint density at radius 1 is 0.750 bits per heavy atom. The minimum absolute atomic E-state index is 0.645. The van der Waals surface area contributed by atoms with Gasteiger partial charge >= 0.3 is 0 Å². The molecule has 0 unspecified atom stereocenters. The number of benzene rings is 3. The number of nitrogens with zero attached hydrogens (tertiary/aromatic N) is 2. The van der Waals surface area contributed by atoms with Crippen molar-refractivity contribution in [1.29, 1.82) is 0 Å². The lowest BCUT2D eigenvalue weighted by Gasteiger charge is -2.11. The van der Waals surface area contributed by atoms with Crippen LogP contribution in [0.4, 0.5) is 0 Å². The molecule has 0 saturated heterocycles. The van der Waals surface area contributed by atoms with E-state index in [1.54, 1.807) is 32.3 Å². The van der Waals surface area contributed by atoms with Gasteiger partial charge in [-0.2, -0.15) is 0 Å². The molecule has 0 spiro atoms. The summed E-state index contributed by atoms with van der Waals surface area (Å²) in [6, 6.07) is 21.4. The molecule has 0 aliphatic rings. The Morgan fingerprint density at radius 3 is 2.14 bits per heavy atom. The van der Waals surface area contributed by atoms with Crippen LogP contribution in [0.2, 0.25) is 0 Å². The van der Waals surface area contributed by atoms with E-state index >= 15 is 0 Å². The number of aromatic nitrogens is 2. The summed E-state index contributed by atoms with van der Waals surface area (Å²) in [6.07, 6.45) is 1.56. The van der Waals surface area contributed by atoms with Crippen molar-refractivity contribution >= 4 is 22.7 Å². The lowest BCUT2D eigenvalue weighted by atomic mass is 10.2. The molecule has 28 heavy (non-hydrogen) atoms. The number of fused-ring (bicyclic) bond motifs is 1. The van der Waals surface area contributed by atoms with Crippen LogP contribution in [0.15, 0.2) is 83.0 Å². The number of hydrogen-bond acceptors (Lipinski definition) is 6. The minimum atomic E-state index is 0.645. The summed E-state index contributed by atoms with van der Waals surface area (Å²) in [7, 11) is 3.23. The third kappa shape index (κ3) is 3.87. The van der Waals surface area contributed by atoms with Crippen molar-refractivity contribution < 1.29 is 14.2 Å². The largest absolute Gasteiger partial charge is 0.493 e. The predicted octanol–water partition coefficient (Wildman–Crippen LogP) is 5.59. The average molecular weight is 390 g/mol. The normalized spacial score (nSPS) is 10.6. The van der Waals surface area contributed by atoms with Crippen molar-refractivity contribution in [1.82, 2.24) is 9.97 Å². The molecule has 5 nitrogen and oxygen atoms in total. The first-order valence-electron chi connectivity index (χ1n) is 8.64. The van der Waals surface area contributed by atoms with Crippen LogP contribution in [0.5, 0.6) is 23.0 Å². The van der Waals surface area contributed by atoms with E-state index in [-0.39, 0.29) is 0 Å². The van der Waals surface area contributed by atoms with E-state index in [9.17, 15) is 0 Å². The van der Waals surface area contributed by atoms with Crippen LogP contribution in [0.25, 0.3) is 10.9 Å². The molecule has 0 atom stereocenters. The van der Waals surface area contributed by atoms with Gasteiger partial charge in [0.15, 0.2) is 11.5 Å². The minimum Gasteiger partial charge on any atom is -0.493 e. The molecule has 140 valence electrons. The highest BCUT2D eigenvalue weighted by Crippen LogP contribution is 2.37. The third-order valence-corrected chi connectivity index (χ3v) is 5.15. The van der Waals surface area contributed by atoms with E-state index in [4.69, 9.17) is 14.2 Å². The van der Waals surface area contributed by atoms with E-state index in [1.165, 1.54) is 0 Å². The molecule has 0 aliphatic heterocycles. The maximum absolute atomic E-state index is 5.84. The zero-order valence-corrected chi connectivity index (χ0v) is 16.3. The molecule has 0 radical (unpaired) electrons. The monoisotopic (exact) mass is 390 g/mol. The van der Waals surface area contributed by atoms with Crippen LogP contribution in [-0.4, -0.2) is 24.2 Å². The van der Waals surface area contributed by atoms with Crippen molar-refractivity contribution in [2.45, 2.75) is 9.92 Å². The predicted molar refractivity (Wildman–Crippen MR) is 110 cm³/mol. The van der Waals surface area contributed by atoms with E-state index in [0.717, 1.165) is 32.3 Å².